The van der Waals surface area contributed by atoms with E-state index in [4.69, 9.17) is 19.2 Å². The highest BCUT2D eigenvalue weighted by Crippen LogP contribution is 2.65. The summed E-state index contributed by atoms with van der Waals surface area (Å²) in [4.78, 5) is 18.3. The van der Waals surface area contributed by atoms with Crippen LogP contribution in [0.1, 0.15) is 68.7 Å². The molecule has 1 heterocycles. The Labute approximate surface area is 215 Å². The quantitative estimate of drug-likeness (QED) is 0.498. The van der Waals surface area contributed by atoms with E-state index in [1.165, 1.54) is 11.1 Å². The van der Waals surface area contributed by atoms with Gasteiger partial charge in [0.2, 0.25) is 0 Å². The first-order valence-electron chi connectivity index (χ1n) is 12.2. The largest absolute Gasteiger partial charge is 0.497 e. The van der Waals surface area contributed by atoms with Crippen LogP contribution in [-0.2, 0) is 21.4 Å². The molecule has 1 atom stereocenters. The molecule has 35 heavy (non-hydrogen) atoms. The van der Waals surface area contributed by atoms with Crippen molar-refractivity contribution in [2.24, 2.45) is 10.4 Å². The lowest BCUT2D eigenvalue weighted by Gasteiger charge is -2.47. The molecule has 1 amide bonds. The molecular formula is C28H33BrN2O4. The van der Waals surface area contributed by atoms with Crippen molar-refractivity contribution in [1.29, 1.82) is 0 Å². The van der Waals surface area contributed by atoms with Gasteiger partial charge >= 0.3 is 6.09 Å². The second kappa shape index (κ2) is 8.63. The minimum atomic E-state index is -0.626. The Morgan fingerprint density at radius 1 is 1.09 bits per heavy atom. The van der Waals surface area contributed by atoms with E-state index >= 15 is 0 Å². The van der Waals surface area contributed by atoms with Gasteiger partial charge in [0, 0.05) is 22.6 Å². The van der Waals surface area contributed by atoms with E-state index in [0.717, 1.165) is 53.5 Å². The molecule has 1 saturated carbocycles. The normalized spacial score (nSPS) is 26.9. The summed E-state index contributed by atoms with van der Waals surface area (Å²) < 4.78 is 18.0. The van der Waals surface area contributed by atoms with Crippen molar-refractivity contribution < 1.29 is 19.0 Å². The number of carbonyl (C=O) groups excluding carboxylic acids is 1. The first-order valence-corrected chi connectivity index (χ1v) is 13.0. The van der Waals surface area contributed by atoms with E-state index in [-0.39, 0.29) is 11.5 Å². The fraction of sp³-hybridized carbons (Fsp3) is 0.500. The van der Waals surface area contributed by atoms with E-state index in [2.05, 4.69) is 45.5 Å². The number of nitrogens with zero attached hydrogens (tertiary/aromatic N) is 1. The van der Waals surface area contributed by atoms with Crippen LogP contribution in [0.2, 0.25) is 0 Å². The zero-order chi connectivity index (χ0) is 25.0. The Balaban J connectivity index is 1.70. The first-order chi connectivity index (χ1) is 16.6. The van der Waals surface area contributed by atoms with Crippen molar-refractivity contribution in [3.8, 4) is 5.75 Å². The first kappa shape index (κ1) is 24.3. The number of rotatable bonds is 2. The molecule has 2 spiro atoms. The molecule has 1 unspecified atom stereocenters. The minimum absolute atomic E-state index is 0.121. The highest BCUT2D eigenvalue weighted by atomic mass is 79.9. The number of nitrogens with one attached hydrogen (secondary N) is 1. The second-order valence-electron chi connectivity index (χ2n) is 10.9. The number of halogens is 1. The fourth-order valence-electron chi connectivity index (χ4n) is 6.29. The summed E-state index contributed by atoms with van der Waals surface area (Å²) in [7, 11) is 3.48. The highest BCUT2D eigenvalue weighted by molar-refractivity contribution is 9.10. The van der Waals surface area contributed by atoms with Gasteiger partial charge in [-0.3, -0.25) is 10.3 Å². The molecule has 1 aliphatic heterocycles. The number of alkyl carbamates (subject to hydrolysis) is 1. The van der Waals surface area contributed by atoms with E-state index in [0.29, 0.717) is 5.84 Å². The van der Waals surface area contributed by atoms with Gasteiger partial charge in [0.25, 0.3) is 0 Å². The monoisotopic (exact) mass is 540 g/mol. The number of ether oxygens (including phenoxy) is 3. The van der Waals surface area contributed by atoms with Crippen LogP contribution >= 0.6 is 15.9 Å². The zero-order valence-electron chi connectivity index (χ0n) is 21.0. The fourth-order valence-corrected chi connectivity index (χ4v) is 6.65. The van der Waals surface area contributed by atoms with Gasteiger partial charge in [-0.1, -0.05) is 22.0 Å². The third kappa shape index (κ3) is 3.97. The Bertz CT molecular complexity index is 1190. The van der Waals surface area contributed by atoms with Gasteiger partial charge in [0.05, 0.1) is 13.2 Å². The van der Waals surface area contributed by atoms with Gasteiger partial charge in [0.15, 0.2) is 0 Å². The number of carbonyl (C=O) groups is 1. The smallest absolute Gasteiger partial charge is 0.413 e. The predicted molar refractivity (Wildman–Crippen MR) is 139 cm³/mol. The maximum absolute atomic E-state index is 12.8. The SMILES string of the molecule is COc1ccc2c(c1)C1(N=C2NC(=O)OC(C)(C)C)c2cc(Br)ccc2CC12CCC(OC)CC2. The molecule has 1 N–H and O–H groups in total. The summed E-state index contributed by atoms with van der Waals surface area (Å²) in [5.74, 6) is 1.33. The average Bonchev–Trinajstić information content (AvgIpc) is 3.26. The topological polar surface area (TPSA) is 69.2 Å². The van der Waals surface area contributed by atoms with Gasteiger partial charge in [-0.2, -0.15) is 0 Å². The molecule has 0 aromatic heterocycles. The molecule has 1 fully saturated rings. The number of amidine groups is 1. The van der Waals surface area contributed by atoms with E-state index in [1.807, 2.05) is 32.9 Å². The summed E-state index contributed by atoms with van der Waals surface area (Å²) in [5.41, 5.74) is 3.14. The van der Waals surface area contributed by atoms with Crippen molar-refractivity contribution in [2.75, 3.05) is 14.2 Å². The van der Waals surface area contributed by atoms with Gasteiger partial charge in [-0.05, 0) is 99.9 Å². The molecule has 7 heteroatoms. The minimum Gasteiger partial charge on any atom is -0.497 e. The van der Waals surface area contributed by atoms with Crippen LogP contribution in [0.25, 0.3) is 0 Å². The highest BCUT2D eigenvalue weighted by Gasteiger charge is 2.62. The molecule has 2 aliphatic carbocycles. The van der Waals surface area contributed by atoms with Crippen LogP contribution < -0.4 is 10.1 Å². The third-order valence-corrected chi connectivity index (χ3v) is 8.24. The van der Waals surface area contributed by atoms with E-state index in [9.17, 15) is 4.79 Å². The standard InChI is InChI=1S/C28H33BrN2O4/c1-26(2,3)35-25(32)30-24-21-9-8-20(34-5)15-23(21)28(31-24)22-14-18(29)7-6-17(22)16-27(28)12-10-19(33-4)11-13-27/h6-9,14-15,19H,10-13,16H2,1-5H3,(H,30,31,32). The summed E-state index contributed by atoms with van der Waals surface area (Å²) in [6.45, 7) is 5.58. The molecule has 0 radical (unpaired) electrons. The summed E-state index contributed by atoms with van der Waals surface area (Å²) in [6, 6.07) is 12.6. The lowest BCUT2D eigenvalue weighted by atomic mass is 9.59. The van der Waals surface area contributed by atoms with Crippen LogP contribution in [0, 0.1) is 5.41 Å². The summed E-state index contributed by atoms with van der Waals surface area (Å²) in [5, 5.41) is 2.98. The molecule has 186 valence electrons. The van der Waals surface area contributed by atoms with Crippen molar-refractivity contribution in [1.82, 2.24) is 5.32 Å². The summed E-state index contributed by atoms with van der Waals surface area (Å²) in [6.07, 6.45) is 4.64. The van der Waals surface area contributed by atoms with Crippen LogP contribution in [0.5, 0.6) is 5.75 Å². The van der Waals surface area contributed by atoms with Crippen molar-refractivity contribution in [3.63, 3.8) is 0 Å². The zero-order valence-corrected chi connectivity index (χ0v) is 22.6. The maximum Gasteiger partial charge on any atom is 0.413 e. The van der Waals surface area contributed by atoms with Crippen molar-refractivity contribution >= 4 is 27.9 Å². The van der Waals surface area contributed by atoms with Gasteiger partial charge in [-0.25, -0.2) is 4.79 Å². The third-order valence-electron chi connectivity index (χ3n) is 7.75. The molecule has 5 rings (SSSR count). The molecule has 0 bridgehead atoms. The number of hydrogen-bond acceptors (Lipinski definition) is 5. The summed E-state index contributed by atoms with van der Waals surface area (Å²) >= 11 is 3.70. The number of hydrogen-bond donors (Lipinski definition) is 1. The van der Waals surface area contributed by atoms with Gasteiger partial charge in [-0.15, -0.1) is 0 Å². The Hall–Kier alpha value is -2.38. The predicted octanol–water partition coefficient (Wildman–Crippen LogP) is 6.12. The Morgan fingerprint density at radius 2 is 1.83 bits per heavy atom. The Morgan fingerprint density at radius 3 is 2.49 bits per heavy atom. The average molecular weight is 541 g/mol. The van der Waals surface area contributed by atoms with Crippen molar-refractivity contribution in [2.45, 2.75) is 70.1 Å². The lowest BCUT2D eigenvalue weighted by Crippen LogP contribution is -2.45. The molecular weight excluding hydrogens is 508 g/mol. The molecule has 2 aromatic rings. The van der Waals surface area contributed by atoms with Crippen molar-refractivity contribution in [3.05, 3.63) is 63.1 Å². The number of fused-ring (bicyclic) bond motifs is 5. The van der Waals surface area contributed by atoms with Gasteiger partial charge < -0.3 is 14.2 Å². The maximum atomic E-state index is 12.8. The molecule has 0 saturated heterocycles. The Kier molecular flexibility index (Phi) is 5.99. The molecule has 6 nitrogen and oxygen atoms in total. The van der Waals surface area contributed by atoms with Crippen LogP contribution in [0.3, 0.4) is 0 Å². The van der Waals surface area contributed by atoms with Gasteiger partial charge in [0.1, 0.15) is 22.7 Å². The van der Waals surface area contributed by atoms with Crippen LogP contribution in [0.4, 0.5) is 4.79 Å². The number of amides is 1. The molecule has 2 aromatic carbocycles. The number of benzene rings is 2. The van der Waals surface area contributed by atoms with E-state index < -0.39 is 17.2 Å². The van der Waals surface area contributed by atoms with Crippen LogP contribution in [-0.4, -0.2) is 37.9 Å². The number of aliphatic imine (C=N–C) groups is 1. The number of methoxy groups -OCH3 is 2. The second-order valence-corrected chi connectivity index (χ2v) is 11.8. The van der Waals surface area contributed by atoms with Crippen LogP contribution in [0.15, 0.2) is 45.9 Å². The molecule has 3 aliphatic rings. The lowest BCUT2D eigenvalue weighted by molar-refractivity contribution is 0.00677. The van der Waals surface area contributed by atoms with E-state index in [1.54, 1.807) is 14.2 Å².